The first-order valence-electron chi connectivity index (χ1n) is 9.66. The Bertz CT molecular complexity index is 881. The molecule has 7 nitrogen and oxygen atoms in total. The number of ether oxygens (including phenoxy) is 2. The fourth-order valence-electron chi connectivity index (χ4n) is 2.66. The molecule has 3 rings (SSSR count). The molecule has 2 N–H and O–H groups in total. The van der Waals surface area contributed by atoms with E-state index in [9.17, 15) is 0 Å². The molecule has 0 saturated heterocycles. The summed E-state index contributed by atoms with van der Waals surface area (Å²) in [4.78, 5) is 9.00. The maximum Gasteiger partial charge on any atom is 0.219 e. The molecule has 2 aromatic heterocycles. The van der Waals surface area contributed by atoms with Crippen molar-refractivity contribution in [2.24, 2.45) is 4.99 Å². The van der Waals surface area contributed by atoms with Gasteiger partial charge in [0.1, 0.15) is 11.5 Å². The van der Waals surface area contributed by atoms with Crippen LogP contribution in [0.3, 0.4) is 0 Å². The molecule has 0 saturated carbocycles. The van der Waals surface area contributed by atoms with Crippen LogP contribution in [0.4, 0.5) is 0 Å². The van der Waals surface area contributed by atoms with Crippen molar-refractivity contribution < 1.29 is 9.47 Å². The third kappa shape index (κ3) is 7.58. The first-order valence-corrected chi connectivity index (χ1v) is 9.66. The van der Waals surface area contributed by atoms with Crippen molar-refractivity contribution in [1.29, 1.82) is 0 Å². The number of methoxy groups -OCH3 is 1. The maximum absolute atomic E-state index is 5.76. The summed E-state index contributed by atoms with van der Waals surface area (Å²) < 4.78 is 13.0. The van der Waals surface area contributed by atoms with E-state index in [1.54, 1.807) is 13.3 Å². The second-order valence-corrected chi connectivity index (χ2v) is 6.33. The fourth-order valence-corrected chi connectivity index (χ4v) is 2.66. The smallest absolute Gasteiger partial charge is 0.219 e. The van der Waals surface area contributed by atoms with Crippen molar-refractivity contribution in [1.82, 2.24) is 20.2 Å². The molecule has 30 heavy (non-hydrogen) atoms. The SMILES string of the molecule is CCNC(=NCc1ccc(Oc2ccc(OC)cc2)nc1)NCCn1cccc1.I. The molecule has 0 aliphatic heterocycles. The highest BCUT2D eigenvalue weighted by molar-refractivity contribution is 14.0. The maximum atomic E-state index is 5.76. The van der Waals surface area contributed by atoms with Gasteiger partial charge in [0, 0.05) is 44.3 Å². The molecule has 3 aromatic rings. The highest BCUT2D eigenvalue weighted by Crippen LogP contribution is 2.22. The first kappa shape index (κ1) is 23.5. The Kier molecular flexibility index (Phi) is 9.99. The van der Waals surface area contributed by atoms with Gasteiger partial charge in [0.2, 0.25) is 5.88 Å². The molecule has 2 heterocycles. The van der Waals surface area contributed by atoms with Gasteiger partial charge < -0.3 is 24.7 Å². The van der Waals surface area contributed by atoms with Crippen LogP contribution in [0, 0.1) is 0 Å². The first-order chi connectivity index (χ1) is 14.3. The minimum atomic E-state index is 0. The molecule has 8 heteroatoms. The summed E-state index contributed by atoms with van der Waals surface area (Å²) >= 11 is 0. The highest BCUT2D eigenvalue weighted by Gasteiger charge is 2.02. The van der Waals surface area contributed by atoms with Gasteiger partial charge in [-0.15, -0.1) is 24.0 Å². The molecular weight excluding hydrogens is 493 g/mol. The Morgan fingerprint density at radius 2 is 1.77 bits per heavy atom. The van der Waals surface area contributed by atoms with E-state index in [1.165, 1.54) is 0 Å². The zero-order chi connectivity index (χ0) is 20.3. The normalized spacial score (nSPS) is 10.8. The number of rotatable bonds is 9. The second-order valence-electron chi connectivity index (χ2n) is 6.33. The lowest BCUT2D eigenvalue weighted by Crippen LogP contribution is -2.38. The van der Waals surface area contributed by atoms with E-state index in [2.05, 4.69) is 32.1 Å². The summed E-state index contributed by atoms with van der Waals surface area (Å²) in [6, 6.07) is 15.3. The summed E-state index contributed by atoms with van der Waals surface area (Å²) in [5, 5.41) is 6.61. The fraction of sp³-hybridized carbons (Fsp3) is 0.273. The summed E-state index contributed by atoms with van der Waals surface area (Å²) in [5.74, 6) is 2.83. The zero-order valence-electron chi connectivity index (χ0n) is 17.2. The predicted molar refractivity (Wildman–Crippen MR) is 130 cm³/mol. The number of hydrogen-bond acceptors (Lipinski definition) is 4. The van der Waals surface area contributed by atoms with E-state index in [4.69, 9.17) is 9.47 Å². The monoisotopic (exact) mass is 521 g/mol. The van der Waals surface area contributed by atoms with Gasteiger partial charge >= 0.3 is 0 Å². The minimum Gasteiger partial charge on any atom is -0.497 e. The van der Waals surface area contributed by atoms with Crippen molar-refractivity contribution in [2.45, 2.75) is 20.0 Å². The highest BCUT2D eigenvalue weighted by atomic mass is 127. The summed E-state index contributed by atoms with van der Waals surface area (Å²) in [6.45, 7) is 5.08. The molecule has 0 unspecified atom stereocenters. The Hall–Kier alpha value is -2.75. The molecule has 0 radical (unpaired) electrons. The Morgan fingerprint density at radius 1 is 1.03 bits per heavy atom. The number of benzene rings is 1. The second kappa shape index (κ2) is 12.7. The molecule has 1 aromatic carbocycles. The van der Waals surface area contributed by atoms with Crippen LogP contribution in [0.5, 0.6) is 17.4 Å². The van der Waals surface area contributed by atoms with Crippen LogP contribution in [-0.2, 0) is 13.1 Å². The molecule has 0 aliphatic rings. The number of nitrogens with one attached hydrogen (secondary N) is 2. The van der Waals surface area contributed by atoms with E-state index < -0.39 is 0 Å². The topological polar surface area (TPSA) is 72.7 Å². The molecule has 0 bridgehead atoms. The van der Waals surface area contributed by atoms with Gasteiger partial charge in [-0.25, -0.2) is 9.98 Å². The van der Waals surface area contributed by atoms with E-state index >= 15 is 0 Å². The quantitative estimate of drug-likeness (QED) is 0.253. The van der Waals surface area contributed by atoms with Crippen LogP contribution >= 0.6 is 24.0 Å². The lowest BCUT2D eigenvalue weighted by Gasteiger charge is -2.12. The van der Waals surface area contributed by atoms with Crippen LogP contribution < -0.4 is 20.1 Å². The van der Waals surface area contributed by atoms with Gasteiger partial charge in [-0.3, -0.25) is 0 Å². The van der Waals surface area contributed by atoms with Crippen molar-refractivity contribution in [3.05, 3.63) is 72.7 Å². The Morgan fingerprint density at radius 3 is 2.40 bits per heavy atom. The van der Waals surface area contributed by atoms with Crippen LogP contribution in [-0.4, -0.2) is 35.7 Å². The predicted octanol–water partition coefficient (Wildman–Crippen LogP) is 4.06. The molecule has 0 atom stereocenters. The van der Waals surface area contributed by atoms with Crippen LogP contribution in [0.2, 0.25) is 0 Å². The van der Waals surface area contributed by atoms with Crippen LogP contribution in [0.25, 0.3) is 0 Å². The molecule has 0 spiro atoms. The molecule has 0 fully saturated rings. The third-order valence-corrected chi connectivity index (χ3v) is 4.17. The Balaban J connectivity index is 0.00000320. The van der Waals surface area contributed by atoms with Crippen molar-refractivity contribution >= 4 is 29.9 Å². The number of pyridine rings is 1. The average molecular weight is 521 g/mol. The minimum absolute atomic E-state index is 0. The summed E-state index contributed by atoms with van der Waals surface area (Å²) in [6.07, 6.45) is 5.88. The largest absolute Gasteiger partial charge is 0.497 e. The third-order valence-electron chi connectivity index (χ3n) is 4.17. The summed E-state index contributed by atoms with van der Waals surface area (Å²) in [7, 11) is 1.64. The van der Waals surface area contributed by atoms with Gasteiger partial charge in [0.05, 0.1) is 13.7 Å². The van der Waals surface area contributed by atoms with E-state index in [0.717, 1.165) is 36.9 Å². The lowest BCUT2D eigenvalue weighted by atomic mass is 10.3. The van der Waals surface area contributed by atoms with Gasteiger partial charge in [0.15, 0.2) is 5.96 Å². The number of nitrogens with zero attached hydrogens (tertiary/aromatic N) is 3. The van der Waals surface area contributed by atoms with E-state index in [0.29, 0.717) is 18.2 Å². The molecule has 0 aliphatic carbocycles. The number of aliphatic imine (C=N–C) groups is 1. The van der Waals surface area contributed by atoms with Gasteiger partial charge in [-0.2, -0.15) is 0 Å². The van der Waals surface area contributed by atoms with Gasteiger partial charge in [-0.05, 0) is 48.9 Å². The standard InChI is InChI=1S/C22H27N5O2.HI/c1-3-23-22(24-12-15-27-13-4-5-14-27)26-17-18-6-11-21(25-16-18)29-20-9-7-19(28-2)8-10-20;/h4-11,13-14,16H,3,12,15,17H2,1-2H3,(H2,23,24,26);1H. The van der Waals surface area contributed by atoms with E-state index in [1.807, 2.05) is 60.9 Å². The molecular formula is C22H28IN5O2. The van der Waals surface area contributed by atoms with Gasteiger partial charge in [0.25, 0.3) is 0 Å². The average Bonchev–Trinajstić information content (AvgIpc) is 3.27. The van der Waals surface area contributed by atoms with Crippen molar-refractivity contribution in [3.8, 4) is 17.4 Å². The Labute approximate surface area is 194 Å². The van der Waals surface area contributed by atoms with Gasteiger partial charge in [-0.1, -0.05) is 6.07 Å². The van der Waals surface area contributed by atoms with Crippen LogP contribution in [0.15, 0.2) is 72.1 Å². The van der Waals surface area contributed by atoms with Crippen LogP contribution in [0.1, 0.15) is 12.5 Å². The lowest BCUT2D eigenvalue weighted by molar-refractivity contribution is 0.412. The number of halogens is 1. The summed E-state index contributed by atoms with van der Waals surface area (Å²) in [5.41, 5.74) is 1.01. The number of aromatic nitrogens is 2. The molecule has 0 amide bonds. The number of hydrogen-bond donors (Lipinski definition) is 2. The van der Waals surface area contributed by atoms with E-state index in [-0.39, 0.29) is 24.0 Å². The molecule has 160 valence electrons. The van der Waals surface area contributed by atoms with Crippen molar-refractivity contribution in [3.63, 3.8) is 0 Å². The van der Waals surface area contributed by atoms with Crippen molar-refractivity contribution in [2.75, 3.05) is 20.2 Å². The zero-order valence-corrected chi connectivity index (χ0v) is 19.6. The number of guanidine groups is 1.